The molecule has 0 saturated carbocycles. The Bertz CT molecular complexity index is 1100. The molecular weight excluding hydrogens is 421 g/mol. The fourth-order valence-electron chi connectivity index (χ4n) is 3.66. The molecule has 2 heterocycles. The van der Waals surface area contributed by atoms with Gasteiger partial charge >= 0.3 is 6.18 Å². The molecule has 1 saturated heterocycles. The third-order valence-corrected chi connectivity index (χ3v) is 5.37. The van der Waals surface area contributed by atoms with Gasteiger partial charge in [-0.25, -0.2) is 0 Å². The van der Waals surface area contributed by atoms with Crippen LogP contribution in [0.3, 0.4) is 0 Å². The predicted molar refractivity (Wildman–Crippen MR) is 112 cm³/mol. The van der Waals surface area contributed by atoms with Gasteiger partial charge in [-0.3, -0.25) is 14.3 Å². The lowest BCUT2D eigenvalue weighted by Crippen LogP contribution is -2.32. The average Bonchev–Trinajstić information content (AvgIpc) is 3.42. The van der Waals surface area contributed by atoms with E-state index in [0.29, 0.717) is 13.1 Å². The quantitative estimate of drug-likeness (QED) is 0.634. The highest BCUT2D eigenvalue weighted by Crippen LogP contribution is 2.33. The van der Waals surface area contributed by atoms with E-state index in [-0.39, 0.29) is 30.5 Å². The molecule has 0 radical (unpaired) electrons. The number of rotatable bonds is 6. The number of benzene rings is 2. The monoisotopic (exact) mass is 442 g/mol. The van der Waals surface area contributed by atoms with Crippen LogP contribution in [0.15, 0.2) is 67.0 Å². The Morgan fingerprint density at radius 3 is 2.53 bits per heavy atom. The van der Waals surface area contributed by atoms with E-state index in [1.165, 1.54) is 17.0 Å². The normalized spacial score (nSPS) is 16.4. The smallest absolute Gasteiger partial charge is 0.352 e. The van der Waals surface area contributed by atoms with Gasteiger partial charge < -0.3 is 10.2 Å². The molecule has 32 heavy (non-hydrogen) atoms. The first-order valence-electron chi connectivity index (χ1n) is 10.1. The standard InChI is InChI=1S/C23H21F3N4O2/c24-23(25,26)19-3-1-4-20(12-19)30-15-18(11-21(30)31)22(32)27-13-16-5-7-17(8-6-16)14-29-10-2-9-28-29/h1-10,12,18H,11,13-15H2,(H,27,32). The van der Waals surface area contributed by atoms with E-state index in [1.807, 2.05) is 41.2 Å². The molecule has 0 spiro atoms. The molecule has 2 aromatic carbocycles. The number of halogens is 3. The van der Waals surface area contributed by atoms with Gasteiger partial charge in [0.1, 0.15) is 0 Å². The van der Waals surface area contributed by atoms with Crippen LogP contribution >= 0.6 is 0 Å². The molecule has 1 N–H and O–H groups in total. The molecule has 1 atom stereocenters. The Labute approximate surface area is 182 Å². The lowest BCUT2D eigenvalue weighted by atomic mass is 10.1. The van der Waals surface area contributed by atoms with Gasteiger partial charge in [0.2, 0.25) is 11.8 Å². The lowest BCUT2D eigenvalue weighted by molar-refractivity contribution is -0.137. The van der Waals surface area contributed by atoms with Gasteiger partial charge in [0.05, 0.1) is 18.0 Å². The zero-order valence-corrected chi connectivity index (χ0v) is 17.0. The van der Waals surface area contributed by atoms with Crippen LogP contribution < -0.4 is 10.2 Å². The number of hydrogen-bond acceptors (Lipinski definition) is 3. The van der Waals surface area contributed by atoms with Crippen LogP contribution in [0, 0.1) is 5.92 Å². The molecular formula is C23H21F3N4O2. The van der Waals surface area contributed by atoms with E-state index in [9.17, 15) is 22.8 Å². The third kappa shape index (κ3) is 4.99. The van der Waals surface area contributed by atoms with Crippen molar-refractivity contribution < 1.29 is 22.8 Å². The van der Waals surface area contributed by atoms with Gasteiger partial charge in [0.25, 0.3) is 0 Å². The van der Waals surface area contributed by atoms with Crippen molar-refractivity contribution in [3.8, 4) is 0 Å². The molecule has 1 unspecified atom stereocenters. The number of alkyl halides is 3. The van der Waals surface area contributed by atoms with Crippen molar-refractivity contribution in [2.45, 2.75) is 25.7 Å². The summed E-state index contributed by atoms with van der Waals surface area (Å²) >= 11 is 0. The molecule has 0 bridgehead atoms. The van der Waals surface area contributed by atoms with Crippen LogP contribution in [0.1, 0.15) is 23.1 Å². The van der Waals surface area contributed by atoms with Gasteiger partial charge in [-0.2, -0.15) is 18.3 Å². The summed E-state index contributed by atoms with van der Waals surface area (Å²) in [6.45, 7) is 0.999. The number of hydrogen-bond donors (Lipinski definition) is 1. The first kappa shape index (κ1) is 21.6. The Morgan fingerprint density at radius 2 is 1.84 bits per heavy atom. The molecule has 1 aliphatic heterocycles. The van der Waals surface area contributed by atoms with Crippen LogP contribution in [-0.4, -0.2) is 28.1 Å². The maximum Gasteiger partial charge on any atom is 0.416 e. The first-order chi connectivity index (χ1) is 15.3. The SMILES string of the molecule is O=C(NCc1ccc(Cn2cccn2)cc1)C1CC(=O)N(c2cccc(C(F)(F)F)c2)C1. The molecule has 166 valence electrons. The van der Waals surface area contributed by atoms with Crippen molar-refractivity contribution in [3.63, 3.8) is 0 Å². The summed E-state index contributed by atoms with van der Waals surface area (Å²) in [6, 6.07) is 14.2. The van der Waals surface area contributed by atoms with Crippen molar-refractivity contribution in [1.82, 2.24) is 15.1 Å². The Morgan fingerprint density at radius 1 is 1.09 bits per heavy atom. The summed E-state index contributed by atoms with van der Waals surface area (Å²) in [5, 5.41) is 6.98. The van der Waals surface area contributed by atoms with Crippen molar-refractivity contribution in [2.75, 3.05) is 11.4 Å². The summed E-state index contributed by atoms with van der Waals surface area (Å²) in [5.41, 5.74) is 1.29. The molecule has 3 aromatic rings. The third-order valence-electron chi connectivity index (χ3n) is 5.37. The average molecular weight is 442 g/mol. The van der Waals surface area contributed by atoms with Crippen molar-refractivity contribution >= 4 is 17.5 Å². The summed E-state index contributed by atoms with van der Waals surface area (Å²) in [7, 11) is 0. The first-order valence-corrected chi connectivity index (χ1v) is 10.1. The maximum absolute atomic E-state index is 13.0. The van der Waals surface area contributed by atoms with Crippen LogP contribution in [-0.2, 0) is 28.9 Å². The zero-order chi connectivity index (χ0) is 22.7. The topological polar surface area (TPSA) is 67.2 Å². The molecule has 6 nitrogen and oxygen atoms in total. The minimum atomic E-state index is -4.50. The van der Waals surface area contributed by atoms with Gasteiger partial charge in [-0.1, -0.05) is 30.3 Å². The van der Waals surface area contributed by atoms with Crippen molar-refractivity contribution in [3.05, 3.63) is 83.7 Å². The Hall–Kier alpha value is -3.62. The zero-order valence-electron chi connectivity index (χ0n) is 17.0. The van der Waals surface area contributed by atoms with E-state index in [4.69, 9.17) is 0 Å². The maximum atomic E-state index is 13.0. The number of anilines is 1. The summed E-state index contributed by atoms with van der Waals surface area (Å²) < 4.78 is 40.7. The molecule has 0 aliphatic carbocycles. The summed E-state index contributed by atoms with van der Waals surface area (Å²) in [6.07, 6.45) is -0.945. The molecule has 1 fully saturated rings. The Balaban J connectivity index is 1.33. The van der Waals surface area contributed by atoms with Crippen LogP contribution in [0.2, 0.25) is 0 Å². The van der Waals surface area contributed by atoms with Gasteiger partial charge in [0, 0.05) is 37.6 Å². The van der Waals surface area contributed by atoms with Crippen LogP contribution in [0.25, 0.3) is 0 Å². The van der Waals surface area contributed by atoms with Crippen LogP contribution in [0.5, 0.6) is 0 Å². The van der Waals surface area contributed by atoms with Gasteiger partial charge in [0.15, 0.2) is 0 Å². The molecule has 4 rings (SSSR count). The summed E-state index contributed by atoms with van der Waals surface area (Å²) in [4.78, 5) is 26.2. The van der Waals surface area contributed by atoms with E-state index < -0.39 is 17.7 Å². The fraction of sp³-hybridized carbons (Fsp3) is 0.261. The van der Waals surface area contributed by atoms with Crippen molar-refractivity contribution in [2.24, 2.45) is 5.92 Å². The molecule has 2 amide bonds. The lowest BCUT2D eigenvalue weighted by Gasteiger charge is -2.18. The second-order valence-corrected chi connectivity index (χ2v) is 7.69. The number of carbonyl (C=O) groups excluding carboxylic acids is 2. The van der Waals surface area contributed by atoms with Gasteiger partial charge in [-0.15, -0.1) is 0 Å². The number of nitrogens with zero attached hydrogens (tertiary/aromatic N) is 3. The van der Waals surface area contributed by atoms with Gasteiger partial charge in [-0.05, 0) is 35.4 Å². The number of nitrogens with one attached hydrogen (secondary N) is 1. The van der Waals surface area contributed by atoms with Crippen molar-refractivity contribution in [1.29, 1.82) is 0 Å². The second kappa shape index (κ2) is 8.86. The second-order valence-electron chi connectivity index (χ2n) is 7.69. The van der Waals surface area contributed by atoms with E-state index in [0.717, 1.165) is 23.3 Å². The number of carbonyl (C=O) groups is 2. The Kier molecular flexibility index (Phi) is 5.98. The van der Waals surface area contributed by atoms with E-state index in [2.05, 4.69) is 10.4 Å². The van der Waals surface area contributed by atoms with E-state index >= 15 is 0 Å². The molecule has 9 heteroatoms. The minimum Gasteiger partial charge on any atom is -0.352 e. The van der Waals surface area contributed by atoms with Crippen LogP contribution in [0.4, 0.5) is 18.9 Å². The van der Waals surface area contributed by atoms with E-state index in [1.54, 1.807) is 6.20 Å². The molecule has 1 aromatic heterocycles. The largest absolute Gasteiger partial charge is 0.416 e. The minimum absolute atomic E-state index is 0.0368. The predicted octanol–water partition coefficient (Wildman–Crippen LogP) is 3.62. The number of amides is 2. The highest BCUT2D eigenvalue weighted by Gasteiger charge is 2.36. The highest BCUT2D eigenvalue weighted by molar-refractivity contribution is 6.00. The molecule has 1 aliphatic rings. The summed E-state index contributed by atoms with van der Waals surface area (Å²) in [5.74, 6) is -1.28. The number of aromatic nitrogens is 2. The fourth-order valence-corrected chi connectivity index (χ4v) is 3.66. The highest BCUT2D eigenvalue weighted by atomic mass is 19.4.